The van der Waals surface area contributed by atoms with Crippen molar-refractivity contribution in [3.05, 3.63) is 64.7 Å². The molecule has 2 aromatic rings. The minimum atomic E-state index is -0.835. The van der Waals surface area contributed by atoms with E-state index in [2.05, 4.69) is 21.2 Å². The van der Waals surface area contributed by atoms with Crippen LogP contribution in [0.5, 0.6) is 5.75 Å². The van der Waals surface area contributed by atoms with Gasteiger partial charge in [-0.2, -0.15) is 5.10 Å². The standard InChI is InChI=1S/C22H23ClN4O5/c1-2-31-21(29)17(10-14-6-4-3-5-7-14)25-20(28)13-32-19-9-8-15(11-16(19)23)18-12-24-22(30)27-26-18/h3-9,11,17H,2,10,12-13H2,1H3,(H,25,28)(H2,24,27,30)/t17-/m0/s1. The molecule has 0 unspecified atom stereocenters. The molecule has 168 valence electrons. The number of rotatable bonds is 9. The molecule has 1 atom stereocenters. The molecular weight excluding hydrogens is 436 g/mol. The van der Waals surface area contributed by atoms with Crippen LogP contribution in [-0.2, 0) is 20.7 Å². The summed E-state index contributed by atoms with van der Waals surface area (Å²) in [5.74, 6) is -0.696. The molecule has 0 fully saturated rings. The average molecular weight is 459 g/mol. The number of hydrogen-bond donors (Lipinski definition) is 3. The third-order valence-corrected chi connectivity index (χ3v) is 4.82. The summed E-state index contributed by atoms with van der Waals surface area (Å²) in [6.07, 6.45) is 0.299. The van der Waals surface area contributed by atoms with E-state index in [0.717, 1.165) is 5.56 Å². The first-order valence-electron chi connectivity index (χ1n) is 9.99. The second-order valence-corrected chi connectivity index (χ2v) is 7.26. The van der Waals surface area contributed by atoms with Gasteiger partial charge in [0.2, 0.25) is 0 Å². The van der Waals surface area contributed by atoms with Crippen LogP contribution in [0.25, 0.3) is 0 Å². The van der Waals surface area contributed by atoms with E-state index in [4.69, 9.17) is 21.1 Å². The number of nitrogens with zero attached hydrogens (tertiary/aromatic N) is 1. The van der Waals surface area contributed by atoms with Crippen LogP contribution in [0.3, 0.4) is 0 Å². The second-order valence-electron chi connectivity index (χ2n) is 6.85. The molecule has 0 aliphatic carbocycles. The smallest absolute Gasteiger partial charge is 0.335 e. The molecule has 1 heterocycles. The molecule has 0 saturated carbocycles. The maximum absolute atomic E-state index is 12.4. The summed E-state index contributed by atoms with van der Waals surface area (Å²) in [6.45, 7) is 1.85. The Kier molecular flexibility index (Phi) is 8.04. The molecule has 1 aliphatic heterocycles. The van der Waals surface area contributed by atoms with Crippen molar-refractivity contribution in [3.63, 3.8) is 0 Å². The molecule has 0 radical (unpaired) electrons. The van der Waals surface area contributed by atoms with Gasteiger partial charge in [-0.25, -0.2) is 15.0 Å². The van der Waals surface area contributed by atoms with Gasteiger partial charge in [-0.05, 0) is 30.7 Å². The van der Waals surface area contributed by atoms with Crippen molar-refractivity contribution in [1.82, 2.24) is 16.1 Å². The highest BCUT2D eigenvalue weighted by Gasteiger charge is 2.23. The first kappa shape index (κ1) is 23.1. The molecule has 0 aromatic heterocycles. The molecule has 2 aromatic carbocycles. The van der Waals surface area contributed by atoms with Gasteiger partial charge in [0.25, 0.3) is 5.91 Å². The molecule has 0 saturated heterocycles. The molecule has 10 heteroatoms. The summed E-state index contributed by atoms with van der Waals surface area (Å²) < 4.78 is 10.6. The topological polar surface area (TPSA) is 118 Å². The molecule has 1 aliphatic rings. The lowest BCUT2D eigenvalue weighted by Crippen LogP contribution is -2.45. The van der Waals surface area contributed by atoms with E-state index in [9.17, 15) is 14.4 Å². The Morgan fingerprint density at radius 2 is 2.00 bits per heavy atom. The van der Waals surface area contributed by atoms with Crippen LogP contribution in [0.4, 0.5) is 4.79 Å². The number of benzene rings is 2. The molecule has 0 spiro atoms. The Balaban J connectivity index is 1.59. The number of carbonyl (C=O) groups excluding carboxylic acids is 3. The Hall–Kier alpha value is -3.59. The lowest BCUT2D eigenvalue weighted by molar-refractivity contribution is -0.147. The van der Waals surface area contributed by atoms with E-state index >= 15 is 0 Å². The lowest BCUT2D eigenvalue weighted by atomic mass is 10.1. The molecule has 0 bridgehead atoms. The van der Waals surface area contributed by atoms with E-state index in [0.29, 0.717) is 23.4 Å². The molecule has 3 amide bonds. The van der Waals surface area contributed by atoms with Crippen molar-refractivity contribution in [2.45, 2.75) is 19.4 Å². The SMILES string of the molecule is CCOC(=O)[C@H](Cc1ccccc1)NC(=O)COc1ccc(C2=NNC(=O)NC2)cc1Cl. The number of ether oxygens (including phenoxy) is 2. The van der Waals surface area contributed by atoms with Crippen molar-refractivity contribution < 1.29 is 23.9 Å². The number of hydrazone groups is 1. The summed E-state index contributed by atoms with van der Waals surface area (Å²) in [6, 6.07) is 13.1. The van der Waals surface area contributed by atoms with Gasteiger partial charge in [-0.15, -0.1) is 0 Å². The Morgan fingerprint density at radius 3 is 2.66 bits per heavy atom. The molecular formula is C22H23ClN4O5. The molecule has 32 heavy (non-hydrogen) atoms. The van der Waals surface area contributed by atoms with Crippen molar-refractivity contribution in [2.24, 2.45) is 5.10 Å². The highest BCUT2D eigenvalue weighted by Crippen LogP contribution is 2.26. The fourth-order valence-electron chi connectivity index (χ4n) is 2.99. The van der Waals surface area contributed by atoms with Crippen LogP contribution in [0.1, 0.15) is 18.1 Å². The van der Waals surface area contributed by atoms with Crippen molar-refractivity contribution in [2.75, 3.05) is 19.8 Å². The number of esters is 1. The van der Waals surface area contributed by atoms with E-state index in [1.165, 1.54) is 0 Å². The predicted molar refractivity (Wildman–Crippen MR) is 119 cm³/mol. The molecule has 3 N–H and O–H groups in total. The molecule has 9 nitrogen and oxygen atoms in total. The maximum atomic E-state index is 12.4. The number of nitrogens with one attached hydrogen (secondary N) is 3. The first-order valence-corrected chi connectivity index (χ1v) is 10.4. The van der Waals surface area contributed by atoms with Crippen LogP contribution in [0.2, 0.25) is 5.02 Å². The highest BCUT2D eigenvalue weighted by atomic mass is 35.5. The number of urea groups is 1. The van der Waals surface area contributed by atoms with E-state index in [1.54, 1.807) is 25.1 Å². The summed E-state index contributed by atoms with van der Waals surface area (Å²) in [4.78, 5) is 35.8. The largest absolute Gasteiger partial charge is 0.482 e. The van der Waals surface area contributed by atoms with Crippen LogP contribution >= 0.6 is 11.6 Å². The quantitative estimate of drug-likeness (QED) is 0.497. The minimum Gasteiger partial charge on any atom is -0.482 e. The monoisotopic (exact) mass is 458 g/mol. The van der Waals surface area contributed by atoms with Crippen LogP contribution < -0.4 is 20.8 Å². The molecule has 3 rings (SSSR count). The van der Waals surface area contributed by atoms with Gasteiger partial charge in [0.05, 0.1) is 23.9 Å². The average Bonchev–Trinajstić information content (AvgIpc) is 2.79. The van der Waals surface area contributed by atoms with Crippen molar-refractivity contribution in [3.8, 4) is 5.75 Å². The normalized spacial score (nSPS) is 13.8. The Morgan fingerprint density at radius 1 is 1.22 bits per heavy atom. The number of hydrogen-bond acceptors (Lipinski definition) is 6. The summed E-state index contributed by atoms with van der Waals surface area (Å²) in [7, 11) is 0. The second kappa shape index (κ2) is 11.1. The fraction of sp³-hybridized carbons (Fsp3) is 0.273. The fourth-order valence-corrected chi connectivity index (χ4v) is 3.23. The summed E-state index contributed by atoms with van der Waals surface area (Å²) in [5.41, 5.74) is 4.53. The third kappa shape index (κ3) is 6.45. The zero-order valence-electron chi connectivity index (χ0n) is 17.4. The van der Waals surface area contributed by atoms with Gasteiger partial charge in [0, 0.05) is 12.0 Å². The predicted octanol–water partition coefficient (Wildman–Crippen LogP) is 2.03. The number of carbonyl (C=O) groups is 3. The van der Waals surface area contributed by atoms with Gasteiger partial charge in [-0.3, -0.25) is 4.79 Å². The minimum absolute atomic E-state index is 0.211. The van der Waals surface area contributed by atoms with Gasteiger partial charge in [0.15, 0.2) is 6.61 Å². The van der Waals surface area contributed by atoms with Crippen molar-refractivity contribution in [1.29, 1.82) is 0 Å². The summed E-state index contributed by atoms with van der Waals surface area (Å²) in [5, 5.41) is 9.52. The zero-order valence-corrected chi connectivity index (χ0v) is 18.1. The van der Waals surface area contributed by atoms with E-state index in [1.807, 2.05) is 30.3 Å². The van der Waals surface area contributed by atoms with Gasteiger partial charge in [-0.1, -0.05) is 41.9 Å². The summed E-state index contributed by atoms with van der Waals surface area (Å²) >= 11 is 6.27. The maximum Gasteiger partial charge on any atom is 0.335 e. The highest BCUT2D eigenvalue weighted by molar-refractivity contribution is 6.32. The van der Waals surface area contributed by atoms with Crippen LogP contribution in [-0.4, -0.2) is 49.4 Å². The third-order valence-electron chi connectivity index (χ3n) is 4.52. The van der Waals surface area contributed by atoms with Gasteiger partial charge >= 0.3 is 12.0 Å². The Labute approximate surface area is 190 Å². The zero-order chi connectivity index (χ0) is 22.9. The van der Waals surface area contributed by atoms with E-state index in [-0.39, 0.29) is 30.8 Å². The lowest BCUT2D eigenvalue weighted by Gasteiger charge is -2.18. The van der Waals surface area contributed by atoms with Gasteiger partial charge in [0.1, 0.15) is 11.8 Å². The van der Waals surface area contributed by atoms with Crippen molar-refractivity contribution >= 4 is 35.2 Å². The number of amides is 3. The van der Waals surface area contributed by atoms with E-state index < -0.39 is 17.9 Å². The Bertz CT molecular complexity index is 1010. The van der Waals surface area contributed by atoms with Gasteiger partial charge < -0.3 is 20.1 Å². The van der Waals surface area contributed by atoms with Crippen LogP contribution in [0, 0.1) is 0 Å². The first-order chi connectivity index (χ1) is 15.5. The van der Waals surface area contributed by atoms with Crippen LogP contribution in [0.15, 0.2) is 53.6 Å². The number of halogens is 1.